The number of hydrogen-bond donors (Lipinski definition) is 0. The highest BCUT2D eigenvalue weighted by molar-refractivity contribution is 7.98. The molecule has 4 rings (SSSR count). The van der Waals surface area contributed by atoms with E-state index in [-0.39, 0.29) is 0 Å². The van der Waals surface area contributed by atoms with Gasteiger partial charge in [-0.05, 0) is 12.1 Å². The Bertz CT molecular complexity index is 1010. The van der Waals surface area contributed by atoms with Gasteiger partial charge in [0.1, 0.15) is 16.5 Å². The molecule has 0 spiro atoms. The largest absolute Gasteiger partial charge is 0.250 e. The summed E-state index contributed by atoms with van der Waals surface area (Å²) in [7, 11) is 1.87. The van der Waals surface area contributed by atoms with Gasteiger partial charge < -0.3 is 0 Å². The van der Waals surface area contributed by atoms with E-state index in [2.05, 4.69) is 26.1 Å². The Hall–Kier alpha value is -2.18. The van der Waals surface area contributed by atoms with Gasteiger partial charge in [0.15, 0.2) is 5.65 Å². The second-order valence-corrected chi connectivity index (χ2v) is 6.43. The lowest BCUT2D eigenvalue weighted by Crippen LogP contribution is -1.93. The van der Waals surface area contributed by atoms with E-state index in [4.69, 9.17) is 11.6 Å². The molecule has 3 aromatic heterocycles. The van der Waals surface area contributed by atoms with Crippen LogP contribution in [-0.2, 0) is 12.8 Å². The van der Waals surface area contributed by atoms with Gasteiger partial charge in [-0.1, -0.05) is 29.8 Å². The highest BCUT2D eigenvalue weighted by atomic mass is 35.5. The van der Waals surface area contributed by atoms with Crippen LogP contribution in [0.4, 0.5) is 0 Å². The molecule has 1 aromatic carbocycles. The molecule has 5 nitrogen and oxygen atoms in total. The number of thioether (sulfide) groups is 1. The Balaban J connectivity index is 1.67. The number of hydrogen-bond acceptors (Lipinski definition) is 5. The van der Waals surface area contributed by atoms with Gasteiger partial charge in [0, 0.05) is 23.8 Å². The Labute approximate surface area is 141 Å². The molecule has 0 saturated heterocycles. The van der Waals surface area contributed by atoms with Crippen molar-refractivity contribution in [3.8, 4) is 0 Å². The maximum absolute atomic E-state index is 6.32. The Kier molecular flexibility index (Phi) is 3.63. The molecule has 0 fully saturated rings. The normalized spacial score (nSPS) is 11.4. The van der Waals surface area contributed by atoms with E-state index < -0.39 is 0 Å². The summed E-state index contributed by atoms with van der Waals surface area (Å²) in [6.07, 6.45) is 3.35. The number of aryl methyl sites for hydroxylation is 1. The smallest absolute Gasteiger partial charge is 0.162 e. The fourth-order valence-corrected chi connectivity index (χ4v) is 3.66. The number of rotatable bonds is 3. The zero-order valence-electron chi connectivity index (χ0n) is 12.3. The van der Waals surface area contributed by atoms with Crippen LogP contribution in [0.25, 0.3) is 21.9 Å². The molecular weight excluding hydrogens is 330 g/mol. The molecular formula is C16H12ClN5S. The quantitative estimate of drug-likeness (QED) is 0.322. The Morgan fingerprint density at radius 2 is 2.09 bits per heavy atom. The van der Waals surface area contributed by atoms with Crippen molar-refractivity contribution in [2.75, 3.05) is 0 Å². The lowest BCUT2D eigenvalue weighted by molar-refractivity contribution is 0.784. The molecule has 3 heterocycles. The zero-order chi connectivity index (χ0) is 15.8. The van der Waals surface area contributed by atoms with Gasteiger partial charge >= 0.3 is 0 Å². The summed E-state index contributed by atoms with van der Waals surface area (Å²) < 4.78 is 1.74. The summed E-state index contributed by atoms with van der Waals surface area (Å²) in [5, 5.41) is 7.70. The van der Waals surface area contributed by atoms with E-state index in [0.717, 1.165) is 32.5 Å². The fourth-order valence-electron chi connectivity index (χ4n) is 2.44. The highest BCUT2D eigenvalue weighted by Gasteiger charge is 2.10. The number of fused-ring (bicyclic) bond motifs is 2. The first-order valence-electron chi connectivity index (χ1n) is 7.02. The van der Waals surface area contributed by atoms with Crippen molar-refractivity contribution in [2.45, 2.75) is 10.8 Å². The summed E-state index contributed by atoms with van der Waals surface area (Å²) in [6, 6.07) is 10.0. The molecule has 0 saturated carbocycles. The van der Waals surface area contributed by atoms with Crippen molar-refractivity contribution in [3.05, 3.63) is 53.6 Å². The van der Waals surface area contributed by atoms with Crippen molar-refractivity contribution in [3.63, 3.8) is 0 Å². The minimum Gasteiger partial charge on any atom is -0.250 e. The molecule has 0 unspecified atom stereocenters. The number of pyridine rings is 1. The fraction of sp³-hybridized carbons (Fsp3) is 0.125. The molecule has 7 heteroatoms. The third kappa shape index (κ3) is 2.64. The van der Waals surface area contributed by atoms with Crippen LogP contribution in [-0.4, -0.2) is 24.7 Å². The molecule has 0 radical (unpaired) electrons. The lowest BCUT2D eigenvalue weighted by Gasteiger charge is -2.06. The number of nitrogens with zero attached hydrogens (tertiary/aromatic N) is 5. The minimum absolute atomic E-state index is 0.535. The molecule has 0 aliphatic heterocycles. The number of para-hydroxylation sites is 1. The van der Waals surface area contributed by atoms with Gasteiger partial charge in [-0.2, -0.15) is 5.10 Å². The van der Waals surface area contributed by atoms with E-state index in [1.165, 1.54) is 0 Å². The SMILES string of the molecule is Cn1ncc2c(SCc3cc4ccccc4nc3Cl)ncnc21. The second-order valence-electron chi connectivity index (χ2n) is 5.10. The van der Waals surface area contributed by atoms with Gasteiger partial charge in [-0.3, -0.25) is 4.68 Å². The molecule has 0 N–H and O–H groups in total. The summed E-state index contributed by atoms with van der Waals surface area (Å²) in [6.45, 7) is 0. The standard InChI is InChI=1S/C16H12ClN5S/c1-22-15-12(7-20-22)16(19-9-18-15)23-8-11-6-10-4-2-3-5-13(10)21-14(11)17/h2-7,9H,8H2,1H3. The topological polar surface area (TPSA) is 56.5 Å². The van der Waals surface area contributed by atoms with Crippen molar-refractivity contribution >= 4 is 45.3 Å². The number of benzene rings is 1. The first-order valence-corrected chi connectivity index (χ1v) is 8.38. The molecule has 0 amide bonds. The molecule has 4 aromatic rings. The average Bonchev–Trinajstić information content (AvgIpc) is 2.95. The van der Waals surface area contributed by atoms with Crippen LogP contribution in [0.15, 0.2) is 47.9 Å². The second kappa shape index (κ2) is 5.79. The highest BCUT2D eigenvalue weighted by Crippen LogP contribution is 2.30. The zero-order valence-corrected chi connectivity index (χ0v) is 13.8. The van der Waals surface area contributed by atoms with Crippen molar-refractivity contribution in [1.29, 1.82) is 0 Å². The molecule has 0 bridgehead atoms. The van der Waals surface area contributed by atoms with Gasteiger partial charge in [-0.15, -0.1) is 11.8 Å². The molecule has 23 heavy (non-hydrogen) atoms. The maximum atomic E-state index is 6.32. The van der Waals surface area contributed by atoms with Crippen LogP contribution in [0.5, 0.6) is 0 Å². The predicted molar refractivity (Wildman–Crippen MR) is 92.6 cm³/mol. The summed E-state index contributed by atoms with van der Waals surface area (Å²) in [5.74, 6) is 0.692. The summed E-state index contributed by atoms with van der Waals surface area (Å²) >= 11 is 7.93. The van der Waals surface area contributed by atoms with E-state index in [0.29, 0.717) is 10.9 Å². The van der Waals surface area contributed by atoms with Crippen LogP contribution in [0, 0.1) is 0 Å². The molecule has 114 valence electrons. The first kappa shape index (κ1) is 14.4. The monoisotopic (exact) mass is 341 g/mol. The average molecular weight is 342 g/mol. The Morgan fingerprint density at radius 1 is 1.22 bits per heavy atom. The van der Waals surface area contributed by atoms with E-state index in [1.807, 2.05) is 31.3 Å². The third-order valence-electron chi connectivity index (χ3n) is 3.61. The van der Waals surface area contributed by atoms with Crippen LogP contribution in [0.3, 0.4) is 0 Å². The predicted octanol–water partition coefficient (Wildman–Crippen LogP) is 3.86. The number of aromatic nitrogens is 5. The van der Waals surface area contributed by atoms with E-state index in [1.54, 1.807) is 29.0 Å². The van der Waals surface area contributed by atoms with Crippen LogP contribution < -0.4 is 0 Å². The first-order chi connectivity index (χ1) is 11.2. The van der Waals surface area contributed by atoms with E-state index in [9.17, 15) is 0 Å². The van der Waals surface area contributed by atoms with Gasteiger partial charge in [0.25, 0.3) is 0 Å². The van der Waals surface area contributed by atoms with Crippen LogP contribution in [0.1, 0.15) is 5.56 Å². The molecule has 0 aliphatic rings. The maximum Gasteiger partial charge on any atom is 0.162 e. The Morgan fingerprint density at radius 3 is 3.00 bits per heavy atom. The summed E-state index contributed by atoms with van der Waals surface area (Å²) in [4.78, 5) is 13.1. The van der Waals surface area contributed by atoms with Gasteiger partial charge in [-0.25, -0.2) is 15.0 Å². The van der Waals surface area contributed by atoms with Crippen molar-refractivity contribution in [2.24, 2.45) is 7.05 Å². The minimum atomic E-state index is 0.535. The summed E-state index contributed by atoms with van der Waals surface area (Å²) in [5.41, 5.74) is 2.72. The number of halogens is 1. The molecule has 0 atom stereocenters. The third-order valence-corrected chi connectivity index (χ3v) is 4.99. The van der Waals surface area contributed by atoms with Crippen molar-refractivity contribution < 1.29 is 0 Å². The lowest BCUT2D eigenvalue weighted by atomic mass is 10.2. The van der Waals surface area contributed by atoms with Gasteiger partial charge in [0.2, 0.25) is 0 Å². The molecule has 0 aliphatic carbocycles. The van der Waals surface area contributed by atoms with Crippen molar-refractivity contribution in [1.82, 2.24) is 24.7 Å². The van der Waals surface area contributed by atoms with Crippen LogP contribution in [0.2, 0.25) is 5.15 Å². The van der Waals surface area contributed by atoms with E-state index >= 15 is 0 Å². The van der Waals surface area contributed by atoms with Crippen LogP contribution >= 0.6 is 23.4 Å². The van der Waals surface area contributed by atoms with Gasteiger partial charge in [0.05, 0.1) is 17.1 Å².